The molecule has 0 saturated heterocycles. The Balaban J connectivity index is 1.59. The normalized spacial score (nSPS) is 10.9. The van der Waals surface area contributed by atoms with E-state index in [4.69, 9.17) is 13.9 Å². The number of hydrogen-bond donors (Lipinski definition) is 2. The summed E-state index contributed by atoms with van der Waals surface area (Å²) in [5.41, 5.74) is -0.425. The number of H-pyrrole nitrogens is 1. The van der Waals surface area contributed by atoms with Gasteiger partial charge in [0.05, 0.1) is 36.9 Å². The highest BCUT2D eigenvalue weighted by atomic mass is 16.5. The topological polar surface area (TPSA) is 116 Å². The molecule has 0 saturated carbocycles. The molecule has 9 heteroatoms. The van der Waals surface area contributed by atoms with Crippen LogP contribution in [0.4, 0.5) is 0 Å². The molecule has 0 unspecified atom stereocenters. The second-order valence-corrected chi connectivity index (χ2v) is 7.26. The van der Waals surface area contributed by atoms with Crippen LogP contribution in [0.25, 0.3) is 10.9 Å². The highest BCUT2D eigenvalue weighted by molar-refractivity contribution is 5.81. The van der Waals surface area contributed by atoms with Crippen LogP contribution in [0, 0.1) is 0 Å². The first-order valence-corrected chi connectivity index (χ1v) is 10.9. The first-order chi connectivity index (χ1) is 15.5. The van der Waals surface area contributed by atoms with Crippen molar-refractivity contribution in [1.29, 1.82) is 0 Å². The number of aromatic nitrogens is 2. The number of aromatic amines is 1. The minimum atomic E-state index is -0.467. The average molecular weight is 444 g/mol. The lowest BCUT2D eigenvalue weighted by Gasteiger charge is -2.13. The third-order valence-corrected chi connectivity index (χ3v) is 4.97. The fraction of sp³-hybridized carbons (Fsp3) is 0.435. The minimum Gasteiger partial charge on any atom is -0.490 e. The quantitative estimate of drug-likeness (QED) is 0.416. The van der Waals surface area contributed by atoms with Gasteiger partial charge in [0, 0.05) is 19.0 Å². The molecule has 172 valence electrons. The summed E-state index contributed by atoms with van der Waals surface area (Å²) in [6.07, 6.45) is 3.92. The first-order valence-electron chi connectivity index (χ1n) is 10.9. The second-order valence-electron chi connectivity index (χ2n) is 7.26. The van der Waals surface area contributed by atoms with Gasteiger partial charge in [-0.25, -0.2) is 4.79 Å². The van der Waals surface area contributed by atoms with Gasteiger partial charge in [0.15, 0.2) is 11.5 Å². The molecule has 0 aliphatic carbocycles. The summed E-state index contributed by atoms with van der Waals surface area (Å²) in [5.74, 6) is 1.60. The molecule has 0 spiro atoms. The number of hydrogen-bond acceptors (Lipinski definition) is 6. The summed E-state index contributed by atoms with van der Waals surface area (Å²) >= 11 is 0. The lowest BCUT2D eigenvalue weighted by Crippen LogP contribution is -2.35. The van der Waals surface area contributed by atoms with Gasteiger partial charge < -0.3 is 24.2 Å². The number of nitrogens with zero attached hydrogens (tertiary/aromatic N) is 1. The summed E-state index contributed by atoms with van der Waals surface area (Å²) < 4.78 is 17.5. The summed E-state index contributed by atoms with van der Waals surface area (Å²) in [6.45, 7) is 5.20. The molecule has 1 aromatic carbocycles. The van der Waals surface area contributed by atoms with E-state index in [1.165, 1.54) is 4.57 Å². The molecule has 3 aromatic rings. The molecule has 0 fully saturated rings. The highest BCUT2D eigenvalue weighted by Crippen LogP contribution is 2.30. The van der Waals surface area contributed by atoms with Crippen LogP contribution in [0.3, 0.4) is 0 Å². The Bertz CT molecular complexity index is 1150. The maximum Gasteiger partial charge on any atom is 0.328 e. The molecular weight excluding hydrogens is 414 g/mol. The number of benzene rings is 1. The van der Waals surface area contributed by atoms with E-state index in [2.05, 4.69) is 10.3 Å². The van der Waals surface area contributed by atoms with Crippen LogP contribution in [0.2, 0.25) is 0 Å². The molecular formula is C23H29N3O6. The standard InChI is InChI=1S/C23H29N3O6/c1-3-30-19-13-17-18(14-20(19)31-4-2)25-23(29)26(22(17)28)11-7-5-6-10-21(27)24-15-16-9-8-12-32-16/h8-9,12-14H,3-7,10-11,15H2,1-2H3,(H,24,27)(H,25,29). The number of ether oxygens (including phenoxy) is 2. The predicted octanol–water partition coefficient (Wildman–Crippen LogP) is 2.96. The molecule has 0 aliphatic rings. The van der Waals surface area contributed by atoms with E-state index in [9.17, 15) is 14.4 Å². The van der Waals surface area contributed by atoms with Crippen LogP contribution in [0.1, 0.15) is 45.3 Å². The van der Waals surface area contributed by atoms with Crippen molar-refractivity contribution in [3.63, 3.8) is 0 Å². The number of nitrogens with one attached hydrogen (secondary N) is 2. The maximum atomic E-state index is 12.9. The number of unbranched alkanes of at least 4 members (excludes halogenated alkanes) is 2. The maximum absolute atomic E-state index is 12.9. The average Bonchev–Trinajstić information content (AvgIpc) is 3.29. The summed E-state index contributed by atoms with van der Waals surface area (Å²) in [5, 5.41) is 3.17. The van der Waals surface area contributed by atoms with Crippen LogP contribution >= 0.6 is 0 Å². The Hall–Kier alpha value is -3.49. The SMILES string of the molecule is CCOc1cc2[nH]c(=O)n(CCCCCC(=O)NCc3ccco3)c(=O)c2cc1OCC. The van der Waals surface area contributed by atoms with Crippen molar-refractivity contribution in [2.75, 3.05) is 13.2 Å². The summed E-state index contributed by atoms with van der Waals surface area (Å²) in [6, 6.07) is 6.81. The third-order valence-electron chi connectivity index (χ3n) is 4.97. The Labute approximate surface area is 185 Å². The van der Waals surface area contributed by atoms with Crippen LogP contribution in [-0.4, -0.2) is 28.7 Å². The molecule has 32 heavy (non-hydrogen) atoms. The first kappa shape index (κ1) is 23.2. The van der Waals surface area contributed by atoms with E-state index in [0.717, 1.165) is 0 Å². The van der Waals surface area contributed by atoms with Gasteiger partial charge in [0.2, 0.25) is 5.91 Å². The monoisotopic (exact) mass is 443 g/mol. The number of amides is 1. The van der Waals surface area contributed by atoms with Crippen LogP contribution in [0.15, 0.2) is 44.5 Å². The fourth-order valence-corrected chi connectivity index (χ4v) is 3.42. The molecule has 0 aliphatic heterocycles. The molecule has 9 nitrogen and oxygen atoms in total. The van der Waals surface area contributed by atoms with Crippen molar-refractivity contribution in [2.45, 2.75) is 52.6 Å². The molecule has 2 heterocycles. The van der Waals surface area contributed by atoms with Crippen molar-refractivity contribution in [1.82, 2.24) is 14.9 Å². The van der Waals surface area contributed by atoms with E-state index >= 15 is 0 Å². The van der Waals surface area contributed by atoms with E-state index in [1.807, 2.05) is 13.8 Å². The van der Waals surface area contributed by atoms with Gasteiger partial charge in [-0.05, 0) is 44.9 Å². The predicted molar refractivity (Wildman–Crippen MR) is 120 cm³/mol. The van der Waals surface area contributed by atoms with E-state index in [0.29, 0.717) is 73.6 Å². The van der Waals surface area contributed by atoms with Gasteiger partial charge in [-0.2, -0.15) is 0 Å². The minimum absolute atomic E-state index is 0.0596. The van der Waals surface area contributed by atoms with Crippen LogP contribution in [-0.2, 0) is 17.9 Å². The zero-order valence-corrected chi connectivity index (χ0v) is 18.4. The lowest BCUT2D eigenvalue weighted by atomic mass is 10.2. The van der Waals surface area contributed by atoms with Gasteiger partial charge in [-0.3, -0.25) is 14.2 Å². The Morgan fingerprint density at radius 3 is 2.53 bits per heavy atom. The van der Waals surface area contributed by atoms with Crippen molar-refractivity contribution in [3.8, 4) is 11.5 Å². The highest BCUT2D eigenvalue weighted by Gasteiger charge is 2.13. The summed E-state index contributed by atoms with van der Waals surface area (Å²) in [4.78, 5) is 40.0. The van der Waals surface area contributed by atoms with Gasteiger partial charge in [0.25, 0.3) is 5.56 Å². The molecule has 2 aromatic heterocycles. The molecule has 0 atom stereocenters. The zero-order valence-electron chi connectivity index (χ0n) is 18.4. The largest absolute Gasteiger partial charge is 0.490 e. The van der Waals surface area contributed by atoms with Crippen molar-refractivity contribution < 1.29 is 18.7 Å². The van der Waals surface area contributed by atoms with Crippen molar-refractivity contribution in [3.05, 3.63) is 57.1 Å². The number of furan rings is 1. The number of carbonyl (C=O) groups excluding carboxylic acids is 1. The fourth-order valence-electron chi connectivity index (χ4n) is 3.42. The molecule has 0 radical (unpaired) electrons. The van der Waals surface area contributed by atoms with Gasteiger partial charge in [0.1, 0.15) is 5.76 Å². The molecule has 1 amide bonds. The van der Waals surface area contributed by atoms with E-state index in [-0.39, 0.29) is 18.0 Å². The lowest BCUT2D eigenvalue weighted by molar-refractivity contribution is -0.121. The van der Waals surface area contributed by atoms with Gasteiger partial charge in [-0.15, -0.1) is 0 Å². The zero-order chi connectivity index (χ0) is 22.9. The van der Waals surface area contributed by atoms with E-state index in [1.54, 1.807) is 30.5 Å². The van der Waals surface area contributed by atoms with E-state index < -0.39 is 5.69 Å². The Morgan fingerprint density at radius 1 is 1.09 bits per heavy atom. The Kier molecular flexibility index (Phi) is 8.13. The van der Waals surface area contributed by atoms with Gasteiger partial charge >= 0.3 is 5.69 Å². The van der Waals surface area contributed by atoms with Crippen molar-refractivity contribution >= 4 is 16.8 Å². The smallest absolute Gasteiger partial charge is 0.328 e. The van der Waals surface area contributed by atoms with Crippen LogP contribution in [0.5, 0.6) is 11.5 Å². The van der Waals surface area contributed by atoms with Crippen molar-refractivity contribution in [2.24, 2.45) is 0 Å². The second kappa shape index (κ2) is 11.2. The molecule has 3 rings (SSSR count). The molecule has 0 bridgehead atoms. The van der Waals surface area contributed by atoms with Crippen LogP contribution < -0.4 is 26.0 Å². The number of carbonyl (C=O) groups is 1. The Morgan fingerprint density at radius 2 is 1.84 bits per heavy atom. The molecule has 2 N–H and O–H groups in total. The number of rotatable bonds is 12. The third kappa shape index (κ3) is 5.81. The van der Waals surface area contributed by atoms with Gasteiger partial charge in [-0.1, -0.05) is 6.42 Å². The number of fused-ring (bicyclic) bond motifs is 1. The summed E-state index contributed by atoms with van der Waals surface area (Å²) in [7, 11) is 0.